The fourth-order valence-corrected chi connectivity index (χ4v) is 1.88. The van der Waals surface area contributed by atoms with Crippen molar-refractivity contribution in [1.29, 1.82) is 0 Å². The van der Waals surface area contributed by atoms with Crippen LogP contribution in [0.5, 0.6) is 5.75 Å². The fourth-order valence-electron chi connectivity index (χ4n) is 1.88. The van der Waals surface area contributed by atoms with Gasteiger partial charge in [0.1, 0.15) is 24.3 Å². The van der Waals surface area contributed by atoms with Gasteiger partial charge in [-0.25, -0.2) is 4.98 Å². The molecule has 0 aliphatic heterocycles. The molecule has 0 saturated carbocycles. The molecule has 0 spiro atoms. The Kier molecular flexibility index (Phi) is 5.11. The molecule has 2 N–H and O–H groups in total. The number of rotatable bonds is 6. The average molecular weight is 287 g/mol. The number of aliphatic hydroxyl groups is 1. The van der Waals surface area contributed by atoms with Gasteiger partial charge in [-0.3, -0.25) is 4.98 Å². The Balaban J connectivity index is 1.82. The van der Waals surface area contributed by atoms with Crippen molar-refractivity contribution in [2.75, 3.05) is 18.5 Å². The zero-order valence-electron chi connectivity index (χ0n) is 12.6. The third kappa shape index (κ3) is 4.72. The van der Waals surface area contributed by atoms with Crippen LogP contribution in [0.15, 0.2) is 30.5 Å². The molecule has 1 aromatic carbocycles. The van der Waals surface area contributed by atoms with Crippen molar-refractivity contribution >= 4 is 5.82 Å². The molecule has 5 nitrogen and oxygen atoms in total. The Hall–Kier alpha value is -2.14. The van der Waals surface area contributed by atoms with Gasteiger partial charge in [-0.15, -0.1) is 0 Å². The summed E-state index contributed by atoms with van der Waals surface area (Å²) in [6.07, 6.45) is 1.10. The van der Waals surface area contributed by atoms with E-state index in [0.29, 0.717) is 12.4 Å². The number of hydrogen-bond acceptors (Lipinski definition) is 5. The Labute approximate surface area is 125 Å². The van der Waals surface area contributed by atoms with Crippen molar-refractivity contribution in [1.82, 2.24) is 9.97 Å². The minimum absolute atomic E-state index is 0.231. The van der Waals surface area contributed by atoms with Gasteiger partial charge < -0.3 is 15.2 Å². The third-order valence-electron chi connectivity index (χ3n) is 3.01. The highest BCUT2D eigenvalue weighted by Gasteiger charge is 2.08. The molecule has 112 valence electrons. The highest BCUT2D eigenvalue weighted by molar-refractivity contribution is 5.39. The van der Waals surface area contributed by atoms with E-state index in [9.17, 15) is 5.11 Å². The van der Waals surface area contributed by atoms with E-state index >= 15 is 0 Å². The van der Waals surface area contributed by atoms with Gasteiger partial charge in [-0.05, 0) is 38.5 Å². The van der Waals surface area contributed by atoms with Crippen LogP contribution in [0.3, 0.4) is 0 Å². The molecule has 0 aliphatic rings. The first-order valence-electron chi connectivity index (χ1n) is 6.96. The summed E-state index contributed by atoms with van der Waals surface area (Å²) >= 11 is 0. The van der Waals surface area contributed by atoms with Crippen LogP contribution in [0.1, 0.15) is 17.0 Å². The molecule has 0 saturated heterocycles. The molecule has 0 amide bonds. The monoisotopic (exact) mass is 287 g/mol. The van der Waals surface area contributed by atoms with Gasteiger partial charge in [0.05, 0.1) is 11.4 Å². The summed E-state index contributed by atoms with van der Waals surface area (Å²) in [4.78, 5) is 8.57. The lowest BCUT2D eigenvalue weighted by Crippen LogP contribution is -2.27. The smallest absolute Gasteiger partial charge is 0.147 e. The number of aromatic nitrogens is 2. The van der Waals surface area contributed by atoms with Gasteiger partial charge in [-0.2, -0.15) is 0 Å². The normalized spacial score (nSPS) is 12.0. The molecule has 0 bridgehead atoms. The SMILES string of the molecule is Cc1cccc(OCC(O)CNc2nc(C)cnc2C)c1. The maximum absolute atomic E-state index is 9.97. The number of anilines is 1. The molecule has 2 rings (SSSR count). The average Bonchev–Trinajstić information content (AvgIpc) is 2.46. The summed E-state index contributed by atoms with van der Waals surface area (Å²) in [5.74, 6) is 1.46. The van der Waals surface area contributed by atoms with Gasteiger partial charge in [0.2, 0.25) is 0 Å². The Bertz CT molecular complexity index is 602. The second-order valence-electron chi connectivity index (χ2n) is 5.11. The quantitative estimate of drug-likeness (QED) is 0.853. The highest BCUT2D eigenvalue weighted by Crippen LogP contribution is 2.13. The second-order valence-corrected chi connectivity index (χ2v) is 5.11. The minimum Gasteiger partial charge on any atom is -0.491 e. The van der Waals surface area contributed by atoms with E-state index in [1.54, 1.807) is 6.20 Å². The van der Waals surface area contributed by atoms with E-state index in [1.165, 1.54) is 0 Å². The van der Waals surface area contributed by atoms with Crippen molar-refractivity contribution in [3.63, 3.8) is 0 Å². The zero-order valence-corrected chi connectivity index (χ0v) is 12.6. The fraction of sp³-hybridized carbons (Fsp3) is 0.375. The minimum atomic E-state index is -0.618. The Morgan fingerprint density at radius 1 is 1.29 bits per heavy atom. The first-order chi connectivity index (χ1) is 10.0. The van der Waals surface area contributed by atoms with Crippen LogP contribution in [0.25, 0.3) is 0 Å². The van der Waals surface area contributed by atoms with Crippen molar-refractivity contribution in [3.05, 3.63) is 47.4 Å². The number of hydrogen-bond donors (Lipinski definition) is 2. The molecule has 1 unspecified atom stereocenters. The topological polar surface area (TPSA) is 67.3 Å². The summed E-state index contributed by atoms with van der Waals surface area (Å²) in [6.45, 7) is 6.36. The van der Waals surface area contributed by atoms with E-state index in [4.69, 9.17) is 4.74 Å². The first kappa shape index (κ1) is 15.3. The van der Waals surface area contributed by atoms with Crippen LogP contribution in [0.2, 0.25) is 0 Å². The Morgan fingerprint density at radius 2 is 2.10 bits per heavy atom. The zero-order chi connectivity index (χ0) is 15.2. The van der Waals surface area contributed by atoms with Crippen molar-refractivity contribution in [2.45, 2.75) is 26.9 Å². The van der Waals surface area contributed by atoms with Crippen LogP contribution >= 0.6 is 0 Å². The van der Waals surface area contributed by atoms with E-state index < -0.39 is 6.10 Å². The van der Waals surface area contributed by atoms with Crippen molar-refractivity contribution in [3.8, 4) is 5.75 Å². The number of aryl methyl sites for hydroxylation is 3. The first-order valence-corrected chi connectivity index (χ1v) is 6.96. The molecule has 1 heterocycles. The molecule has 0 fully saturated rings. The number of nitrogens with one attached hydrogen (secondary N) is 1. The molecule has 1 aromatic heterocycles. The molecular weight excluding hydrogens is 266 g/mol. The van der Waals surface area contributed by atoms with Crippen molar-refractivity contribution < 1.29 is 9.84 Å². The van der Waals surface area contributed by atoms with Gasteiger partial charge in [0, 0.05) is 12.7 Å². The maximum Gasteiger partial charge on any atom is 0.147 e. The lowest BCUT2D eigenvalue weighted by molar-refractivity contribution is 0.117. The molecule has 0 radical (unpaired) electrons. The van der Waals surface area contributed by atoms with Crippen LogP contribution in [0.4, 0.5) is 5.82 Å². The number of ether oxygens (including phenoxy) is 1. The van der Waals surface area contributed by atoms with E-state index in [1.807, 2.05) is 45.0 Å². The Morgan fingerprint density at radius 3 is 2.86 bits per heavy atom. The van der Waals surface area contributed by atoms with Crippen molar-refractivity contribution in [2.24, 2.45) is 0 Å². The maximum atomic E-state index is 9.97. The third-order valence-corrected chi connectivity index (χ3v) is 3.01. The second kappa shape index (κ2) is 7.04. The predicted molar refractivity (Wildman–Crippen MR) is 82.7 cm³/mol. The van der Waals surface area contributed by atoms with E-state index in [2.05, 4.69) is 15.3 Å². The summed E-state index contributed by atoms with van der Waals surface area (Å²) in [6, 6.07) is 7.75. The van der Waals surface area contributed by atoms with Gasteiger partial charge in [-0.1, -0.05) is 12.1 Å². The van der Waals surface area contributed by atoms with Gasteiger partial charge >= 0.3 is 0 Å². The van der Waals surface area contributed by atoms with Gasteiger partial charge in [0.25, 0.3) is 0 Å². The molecule has 0 aliphatic carbocycles. The molecule has 21 heavy (non-hydrogen) atoms. The van der Waals surface area contributed by atoms with E-state index in [0.717, 1.165) is 22.7 Å². The van der Waals surface area contributed by atoms with E-state index in [-0.39, 0.29) is 6.61 Å². The highest BCUT2D eigenvalue weighted by atomic mass is 16.5. The van der Waals surface area contributed by atoms with Crippen LogP contribution < -0.4 is 10.1 Å². The van der Waals surface area contributed by atoms with Crippen LogP contribution in [-0.4, -0.2) is 34.3 Å². The number of nitrogens with zero attached hydrogens (tertiary/aromatic N) is 2. The largest absolute Gasteiger partial charge is 0.491 e. The molecule has 2 aromatic rings. The number of benzene rings is 1. The lowest BCUT2D eigenvalue weighted by Gasteiger charge is -2.14. The van der Waals surface area contributed by atoms with Crippen LogP contribution in [-0.2, 0) is 0 Å². The molecular formula is C16H21N3O2. The lowest BCUT2D eigenvalue weighted by atomic mass is 10.2. The summed E-state index contributed by atoms with van der Waals surface area (Å²) < 4.78 is 5.56. The van der Waals surface area contributed by atoms with Gasteiger partial charge in [0.15, 0.2) is 0 Å². The summed E-state index contributed by atoms with van der Waals surface area (Å²) in [7, 11) is 0. The number of aliphatic hydroxyl groups excluding tert-OH is 1. The molecule has 1 atom stereocenters. The van der Waals surface area contributed by atoms with Crippen LogP contribution in [0, 0.1) is 20.8 Å². The molecule has 5 heteroatoms. The predicted octanol–water partition coefficient (Wildman–Crippen LogP) is 2.25. The summed E-state index contributed by atoms with van der Waals surface area (Å²) in [5, 5.41) is 13.1. The summed E-state index contributed by atoms with van der Waals surface area (Å²) in [5.41, 5.74) is 2.78. The standard InChI is InChI=1S/C16H21N3O2/c1-11-5-4-6-15(7-11)21-10-14(20)9-18-16-13(3)17-8-12(2)19-16/h4-8,14,20H,9-10H2,1-3H3,(H,18,19).